The van der Waals surface area contributed by atoms with Gasteiger partial charge >= 0.3 is 5.97 Å². The maximum absolute atomic E-state index is 11.5. The summed E-state index contributed by atoms with van der Waals surface area (Å²) in [4.78, 5) is 9.11. The molecule has 2 atom stereocenters. The van der Waals surface area contributed by atoms with Crippen molar-refractivity contribution in [1.29, 1.82) is 0 Å². The molecule has 0 radical (unpaired) electrons. The molecule has 0 heterocycles. The Morgan fingerprint density at radius 1 is 1.50 bits per heavy atom. The Morgan fingerprint density at radius 2 is 2.12 bits per heavy atom. The number of rotatable bonds is 3. The van der Waals surface area contributed by atoms with E-state index in [1.165, 1.54) is 0 Å². The van der Waals surface area contributed by atoms with E-state index in [9.17, 15) is 18.3 Å². The van der Waals surface area contributed by atoms with Crippen LogP contribution >= 0.6 is 0 Å². The Kier molecular flexibility index (Phi) is 3.92. The van der Waals surface area contributed by atoms with Crippen LogP contribution in [0.4, 0.5) is 0 Å². The van der Waals surface area contributed by atoms with Gasteiger partial charge in [-0.25, -0.2) is 0 Å². The number of esters is 1. The molecule has 0 amide bonds. The second kappa shape index (κ2) is 4.68. The van der Waals surface area contributed by atoms with Crippen molar-refractivity contribution in [3.05, 3.63) is 0 Å². The Hall–Kier alpha value is -0.660. The largest absolute Gasteiger partial charge is 0.466 e. The smallest absolute Gasteiger partial charge is 0.313 e. The van der Waals surface area contributed by atoms with Gasteiger partial charge in [-0.05, 0) is 26.2 Å². The van der Waals surface area contributed by atoms with E-state index in [2.05, 4.69) is 0 Å². The van der Waals surface area contributed by atoms with E-state index >= 15 is 0 Å². The molecule has 2 N–H and O–H groups in total. The molecule has 1 fully saturated rings. The highest BCUT2D eigenvalue weighted by atomic mass is 32.2. The number of hydrogen-bond donors (Lipinski definition) is 2. The lowest BCUT2D eigenvalue weighted by Crippen LogP contribution is -2.51. The summed E-state index contributed by atoms with van der Waals surface area (Å²) < 4.78 is 36.0. The average Bonchev–Trinajstić information content (AvgIpc) is 2.17. The van der Waals surface area contributed by atoms with Crippen LogP contribution in [0.25, 0.3) is 0 Å². The summed E-state index contributed by atoms with van der Waals surface area (Å²) >= 11 is 0. The molecule has 0 bridgehead atoms. The molecule has 0 aliphatic heterocycles. The molecule has 1 aliphatic carbocycles. The van der Waals surface area contributed by atoms with Crippen molar-refractivity contribution in [3.63, 3.8) is 0 Å². The van der Waals surface area contributed by atoms with Crippen molar-refractivity contribution >= 4 is 16.1 Å². The van der Waals surface area contributed by atoms with E-state index in [0.29, 0.717) is 12.8 Å². The molecular formula is C9H16O6S. The fourth-order valence-corrected chi connectivity index (χ4v) is 2.96. The third-order valence-corrected chi connectivity index (χ3v) is 4.22. The minimum atomic E-state index is -4.68. The minimum absolute atomic E-state index is 0.108. The van der Waals surface area contributed by atoms with Crippen LogP contribution in [-0.2, 0) is 19.6 Å². The van der Waals surface area contributed by atoms with Crippen molar-refractivity contribution in [2.45, 2.75) is 37.5 Å². The van der Waals surface area contributed by atoms with E-state index in [0.717, 1.165) is 0 Å². The highest BCUT2D eigenvalue weighted by molar-refractivity contribution is 7.87. The van der Waals surface area contributed by atoms with Crippen molar-refractivity contribution in [2.24, 2.45) is 5.92 Å². The van der Waals surface area contributed by atoms with Gasteiger partial charge in [0.15, 0.2) is 0 Å². The second-order valence-corrected chi connectivity index (χ2v) is 5.53. The van der Waals surface area contributed by atoms with Crippen LogP contribution in [0.15, 0.2) is 0 Å². The van der Waals surface area contributed by atoms with Crippen molar-refractivity contribution in [2.75, 3.05) is 6.61 Å². The van der Waals surface area contributed by atoms with Gasteiger partial charge in [0.25, 0.3) is 10.1 Å². The van der Waals surface area contributed by atoms with Crippen LogP contribution in [0.5, 0.6) is 0 Å². The summed E-state index contributed by atoms with van der Waals surface area (Å²) in [6.45, 7) is 1.70. The van der Waals surface area contributed by atoms with E-state index in [4.69, 9.17) is 9.29 Å². The fraction of sp³-hybridized carbons (Fsp3) is 0.889. The lowest BCUT2D eigenvalue weighted by atomic mass is 9.86. The predicted molar refractivity (Wildman–Crippen MR) is 55.1 cm³/mol. The van der Waals surface area contributed by atoms with Crippen molar-refractivity contribution in [3.8, 4) is 0 Å². The molecule has 16 heavy (non-hydrogen) atoms. The van der Waals surface area contributed by atoms with E-state index in [-0.39, 0.29) is 19.4 Å². The topological polar surface area (TPSA) is 101 Å². The van der Waals surface area contributed by atoms with Gasteiger partial charge in [-0.2, -0.15) is 8.42 Å². The summed E-state index contributed by atoms with van der Waals surface area (Å²) in [5, 5.41) is 9.93. The Morgan fingerprint density at radius 3 is 2.62 bits per heavy atom. The van der Waals surface area contributed by atoms with Crippen LogP contribution in [0.2, 0.25) is 0 Å². The quantitative estimate of drug-likeness (QED) is 0.554. The van der Waals surface area contributed by atoms with Gasteiger partial charge < -0.3 is 9.84 Å². The Labute approximate surface area is 94.4 Å². The number of hydrogen-bond acceptors (Lipinski definition) is 5. The summed E-state index contributed by atoms with van der Waals surface area (Å²) in [5.41, 5.74) is 0. The number of carbonyl (C=O) groups excluding carboxylic acids is 1. The van der Waals surface area contributed by atoms with Crippen LogP contribution < -0.4 is 0 Å². The molecule has 0 aromatic rings. The average molecular weight is 252 g/mol. The van der Waals surface area contributed by atoms with Crippen LogP contribution in [-0.4, -0.2) is 35.6 Å². The molecule has 1 saturated carbocycles. The first-order chi connectivity index (χ1) is 7.33. The Balaban J connectivity index is 3.00. The van der Waals surface area contributed by atoms with Gasteiger partial charge in [0.2, 0.25) is 4.93 Å². The van der Waals surface area contributed by atoms with Crippen LogP contribution in [0, 0.1) is 5.92 Å². The Bertz CT molecular complexity index is 362. The highest BCUT2D eigenvalue weighted by Gasteiger charge is 2.53. The molecule has 0 spiro atoms. The summed E-state index contributed by atoms with van der Waals surface area (Å²) in [7, 11) is -4.68. The molecule has 0 aromatic carbocycles. The number of ether oxygens (including phenoxy) is 1. The van der Waals surface area contributed by atoms with E-state index in [1.54, 1.807) is 6.92 Å². The van der Waals surface area contributed by atoms with E-state index in [1.807, 2.05) is 0 Å². The third kappa shape index (κ3) is 2.36. The fourth-order valence-electron chi connectivity index (χ4n) is 1.98. The standard InChI is InChI=1S/C9H16O6S/c1-2-15-8(10)7-5-3-4-6-9(7,11)16(12,13)14/h7,11H,2-6H2,1H3,(H,12,13,14). The lowest BCUT2D eigenvalue weighted by Gasteiger charge is -2.35. The molecule has 6 nitrogen and oxygen atoms in total. The molecule has 94 valence electrons. The second-order valence-electron chi connectivity index (χ2n) is 3.87. The van der Waals surface area contributed by atoms with Crippen molar-refractivity contribution < 1.29 is 27.6 Å². The first-order valence-electron chi connectivity index (χ1n) is 5.19. The zero-order chi connectivity index (χ0) is 12.4. The van der Waals surface area contributed by atoms with Gasteiger partial charge in [0.05, 0.1) is 6.61 Å². The molecule has 0 aromatic heterocycles. The first-order valence-corrected chi connectivity index (χ1v) is 6.63. The minimum Gasteiger partial charge on any atom is -0.466 e. The van der Waals surface area contributed by atoms with E-state index < -0.39 is 26.9 Å². The van der Waals surface area contributed by atoms with Gasteiger partial charge in [0.1, 0.15) is 5.92 Å². The van der Waals surface area contributed by atoms with Gasteiger partial charge in [-0.1, -0.05) is 6.42 Å². The lowest BCUT2D eigenvalue weighted by molar-refractivity contribution is -0.156. The maximum Gasteiger partial charge on any atom is 0.313 e. The summed E-state index contributed by atoms with van der Waals surface area (Å²) in [5.74, 6) is -1.97. The molecule has 1 rings (SSSR count). The van der Waals surface area contributed by atoms with Gasteiger partial charge in [-0.3, -0.25) is 9.35 Å². The zero-order valence-corrected chi connectivity index (χ0v) is 9.87. The zero-order valence-electron chi connectivity index (χ0n) is 9.05. The SMILES string of the molecule is CCOC(=O)C1CCCCC1(O)S(=O)(=O)O. The molecule has 0 saturated heterocycles. The highest BCUT2D eigenvalue weighted by Crippen LogP contribution is 2.38. The van der Waals surface area contributed by atoms with Gasteiger partial charge in [0, 0.05) is 0 Å². The van der Waals surface area contributed by atoms with Crippen molar-refractivity contribution in [1.82, 2.24) is 0 Å². The molecule has 7 heteroatoms. The third-order valence-electron chi connectivity index (χ3n) is 2.84. The van der Waals surface area contributed by atoms with Crippen LogP contribution in [0.1, 0.15) is 32.6 Å². The monoisotopic (exact) mass is 252 g/mol. The maximum atomic E-state index is 11.5. The number of aliphatic hydroxyl groups is 1. The summed E-state index contributed by atoms with van der Waals surface area (Å²) in [6, 6.07) is 0. The molecule has 1 aliphatic rings. The normalized spacial score (nSPS) is 31.1. The first kappa shape index (κ1) is 13.4. The van der Waals surface area contributed by atoms with Crippen LogP contribution in [0.3, 0.4) is 0 Å². The number of carbonyl (C=O) groups is 1. The molecular weight excluding hydrogens is 236 g/mol. The summed E-state index contributed by atoms with van der Waals surface area (Å²) in [6.07, 6.45) is 1.14. The predicted octanol–water partition coefficient (Wildman–Crippen LogP) is 0.316. The van der Waals surface area contributed by atoms with Gasteiger partial charge in [-0.15, -0.1) is 0 Å². The molecule has 2 unspecified atom stereocenters.